The minimum absolute atomic E-state index is 0.0110. The van der Waals surface area contributed by atoms with Crippen LogP contribution >= 0.6 is 0 Å². The molecule has 1 aromatic rings. The van der Waals surface area contributed by atoms with Gasteiger partial charge in [-0.2, -0.15) is 0 Å². The second-order valence-corrected chi connectivity index (χ2v) is 6.65. The van der Waals surface area contributed by atoms with Crippen LogP contribution in [0.5, 0.6) is 0 Å². The van der Waals surface area contributed by atoms with Gasteiger partial charge in [0.1, 0.15) is 23.7 Å². The van der Waals surface area contributed by atoms with Crippen molar-refractivity contribution in [2.24, 2.45) is 5.92 Å². The van der Waals surface area contributed by atoms with Crippen LogP contribution in [0.2, 0.25) is 0 Å². The smallest absolute Gasteiger partial charge is 0.324 e. The summed E-state index contributed by atoms with van der Waals surface area (Å²) in [5, 5.41) is 5.05. The average Bonchev–Trinajstić information content (AvgIpc) is 2.74. The lowest BCUT2D eigenvalue weighted by molar-refractivity contribution is -0.136. The van der Waals surface area contributed by atoms with E-state index in [9.17, 15) is 23.2 Å². The Bertz CT molecular complexity index is 720. The van der Waals surface area contributed by atoms with Crippen LogP contribution in [0.15, 0.2) is 18.2 Å². The first kappa shape index (κ1) is 17.3. The van der Waals surface area contributed by atoms with E-state index in [0.29, 0.717) is 12.5 Å². The number of anilines is 1. The number of nitrogens with one attached hydrogen (secondary N) is 2. The maximum atomic E-state index is 13.2. The molecule has 0 aromatic heterocycles. The molecule has 1 saturated heterocycles. The molecule has 2 atom stereocenters. The topological polar surface area (TPSA) is 78.5 Å². The molecule has 1 aliphatic heterocycles. The van der Waals surface area contributed by atoms with Crippen LogP contribution in [0, 0.1) is 17.6 Å². The summed E-state index contributed by atoms with van der Waals surface area (Å²) in [5.41, 5.74) is -1.02. The van der Waals surface area contributed by atoms with E-state index < -0.39 is 41.6 Å². The zero-order chi connectivity index (χ0) is 18.2. The van der Waals surface area contributed by atoms with Gasteiger partial charge in [0.25, 0.3) is 5.91 Å². The van der Waals surface area contributed by atoms with Gasteiger partial charge in [-0.05, 0) is 30.9 Å². The van der Waals surface area contributed by atoms with Gasteiger partial charge in [0.05, 0.1) is 0 Å². The van der Waals surface area contributed by atoms with Crippen molar-refractivity contribution < 1.29 is 23.2 Å². The third-order valence-corrected chi connectivity index (χ3v) is 4.95. The summed E-state index contributed by atoms with van der Waals surface area (Å²) in [5.74, 6) is -2.79. The minimum Gasteiger partial charge on any atom is -0.324 e. The fraction of sp³-hybridized carbons (Fsp3) is 0.471. The molecule has 3 rings (SSSR count). The molecule has 0 bridgehead atoms. The Labute approximate surface area is 143 Å². The number of rotatable bonds is 3. The summed E-state index contributed by atoms with van der Waals surface area (Å²) in [6, 6.07) is 1.98. The SMILES string of the molecule is C[C@H]1CCCC[C@]12NC(=O)N(CC(=O)Nc1cc(F)cc(F)c1)C2=O. The first-order valence-corrected chi connectivity index (χ1v) is 8.22. The van der Waals surface area contributed by atoms with Crippen LogP contribution in [0.1, 0.15) is 32.6 Å². The Morgan fingerprint density at radius 1 is 1.28 bits per heavy atom. The molecule has 1 aromatic carbocycles. The monoisotopic (exact) mass is 351 g/mol. The highest BCUT2D eigenvalue weighted by Crippen LogP contribution is 2.38. The number of nitrogens with zero attached hydrogens (tertiary/aromatic N) is 1. The van der Waals surface area contributed by atoms with E-state index in [2.05, 4.69) is 10.6 Å². The second-order valence-electron chi connectivity index (χ2n) is 6.65. The Balaban J connectivity index is 1.71. The Hall–Kier alpha value is -2.51. The van der Waals surface area contributed by atoms with Crippen molar-refractivity contribution in [1.82, 2.24) is 10.2 Å². The van der Waals surface area contributed by atoms with Gasteiger partial charge in [-0.25, -0.2) is 13.6 Å². The fourth-order valence-corrected chi connectivity index (χ4v) is 3.61. The van der Waals surface area contributed by atoms with E-state index in [0.717, 1.165) is 36.3 Å². The maximum Gasteiger partial charge on any atom is 0.325 e. The van der Waals surface area contributed by atoms with Gasteiger partial charge in [-0.3, -0.25) is 14.5 Å². The molecular weight excluding hydrogens is 332 g/mol. The second kappa shape index (κ2) is 6.42. The molecule has 134 valence electrons. The molecule has 2 aliphatic rings. The van der Waals surface area contributed by atoms with Crippen LogP contribution in [0.25, 0.3) is 0 Å². The highest BCUT2D eigenvalue weighted by atomic mass is 19.1. The number of hydrogen-bond acceptors (Lipinski definition) is 3. The fourth-order valence-electron chi connectivity index (χ4n) is 3.61. The van der Waals surface area contributed by atoms with E-state index in [1.807, 2.05) is 6.92 Å². The first-order valence-electron chi connectivity index (χ1n) is 8.22. The van der Waals surface area contributed by atoms with Crippen molar-refractivity contribution in [2.75, 3.05) is 11.9 Å². The highest BCUT2D eigenvalue weighted by Gasteiger charge is 2.55. The van der Waals surface area contributed by atoms with Crippen molar-refractivity contribution in [2.45, 2.75) is 38.1 Å². The van der Waals surface area contributed by atoms with Crippen molar-refractivity contribution in [1.29, 1.82) is 0 Å². The van der Waals surface area contributed by atoms with Crippen LogP contribution in [0.4, 0.5) is 19.3 Å². The zero-order valence-corrected chi connectivity index (χ0v) is 13.8. The van der Waals surface area contributed by atoms with Gasteiger partial charge < -0.3 is 10.6 Å². The van der Waals surface area contributed by atoms with Crippen LogP contribution in [0.3, 0.4) is 0 Å². The van der Waals surface area contributed by atoms with Crippen molar-refractivity contribution in [3.63, 3.8) is 0 Å². The van der Waals surface area contributed by atoms with Crippen LogP contribution < -0.4 is 10.6 Å². The number of halogens is 2. The van der Waals surface area contributed by atoms with Gasteiger partial charge in [-0.15, -0.1) is 0 Å². The average molecular weight is 351 g/mol. The quantitative estimate of drug-likeness (QED) is 0.821. The van der Waals surface area contributed by atoms with E-state index in [1.54, 1.807) is 0 Å². The summed E-state index contributed by atoms with van der Waals surface area (Å²) in [6.45, 7) is 1.41. The van der Waals surface area contributed by atoms with Crippen molar-refractivity contribution >= 4 is 23.5 Å². The number of imide groups is 1. The number of benzene rings is 1. The molecule has 0 unspecified atom stereocenters. The van der Waals surface area contributed by atoms with E-state index in [-0.39, 0.29) is 11.6 Å². The predicted molar refractivity (Wildman–Crippen MR) is 85.6 cm³/mol. The third kappa shape index (κ3) is 3.20. The van der Waals surface area contributed by atoms with Gasteiger partial charge in [-0.1, -0.05) is 19.8 Å². The molecule has 25 heavy (non-hydrogen) atoms. The highest BCUT2D eigenvalue weighted by molar-refractivity contribution is 6.10. The number of amides is 4. The minimum atomic E-state index is -0.944. The lowest BCUT2D eigenvalue weighted by atomic mass is 9.73. The van der Waals surface area contributed by atoms with Crippen LogP contribution in [-0.4, -0.2) is 34.8 Å². The molecular formula is C17H19F2N3O3. The van der Waals surface area contributed by atoms with Gasteiger partial charge in [0, 0.05) is 11.8 Å². The van der Waals surface area contributed by atoms with Gasteiger partial charge in [0.2, 0.25) is 5.91 Å². The Kier molecular flexibility index (Phi) is 4.45. The molecule has 8 heteroatoms. The molecule has 6 nitrogen and oxygen atoms in total. The number of carbonyl (C=O) groups is 3. The molecule has 0 radical (unpaired) electrons. The number of carbonyl (C=O) groups excluding carboxylic acids is 3. The summed E-state index contributed by atoms with van der Waals surface area (Å²) in [4.78, 5) is 37.9. The zero-order valence-electron chi connectivity index (χ0n) is 13.8. The Morgan fingerprint density at radius 3 is 2.60 bits per heavy atom. The molecule has 1 saturated carbocycles. The third-order valence-electron chi connectivity index (χ3n) is 4.95. The standard InChI is InChI=1S/C17H19F2N3O3/c1-10-4-2-3-5-17(10)15(24)22(16(25)21-17)9-14(23)20-13-7-11(18)6-12(19)8-13/h6-8,10H,2-5,9H2,1H3,(H,20,23)(H,21,25)/t10-,17-/m0/s1. The summed E-state index contributed by atoms with van der Waals surface area (Å²) >= 11 is 0. The molecule has 1 aliphatic carbocycles. The largest absolute Gasteiger partial charge is 0.325 e. The van der Waals surface area contributed by atoms with Crippen LogP contribution in [-0.2, 0) is 9.59 Å². The molecule has 4 amide bonds. The molecule has 1 spiro atoms. The molecule has 1 heterocycles. The number of hydrogen-bond donors (Lipinski definition) is 2. The van der Waals surface area contributed by atoms with E-state index >= 15 is 0 Å². The maximum absolute atomic E-state index is 13.2. The predicted octanol–water partition coefficient (Wildman–Crippen LogP) is 2.40. The van der Waals surface area contributed by atoms with Gasteiger partial charge >= 0.3 is 6.03 Å². The van der Waals surface area contributed by atoms with Crippen molar-refractivity contribution in [3.8, 4) is 0 Å². The van der Waals surface area contributed by atoms with E-state index in [1.165, 1.54) is 0 Å². The molecule has 2 fully saturated rings. The lowest BCUT2D eigenvalue weighted by Gasteiger charge is -2.36. The Morgan fingerprint density at radius 2 is 1.96 bits per heavy atom. The lowest BCUT2D eigenvalue weighted by Crippen LogP contribution is -2.54. The summed E-state index contributed by atoms with van der Waals surface area (Å²) < 4.78 is 26.3. The summed E-state index contributed by atoms with van der Waals surface area (Å²) in [7, 11) is 0. The van der Waals surface area contributed by atoms with E-state index in [4.69, 9.17) is 0 Å². The summed E-state index contributed by atoms with van der Waals surface area (Å²) in [6.07, 6.45) is 3.21. The molecule has 2 N–H and O–H groups in total. The normalized spacial score (nSPS) is 26.0. The first-order chi connectivity index (χ1) is 11.8. The van der Waals surface area contributed by atoms with Crippen molar-refractivity contribution in [3.05, 3.63) is 29.8 Å². The number of urea groups is 1. The van der Waals surface area contributed by atoms with Gasteiger partial charge in [0.15, 0.2) is 0 Å².